The molecule has 0 radical (unpaired) electrons. The number of aromatic nitrogens is 1. The van der Waals surface area contributed by atoms with Crippen LogP contribution in [0.25, 0.3) is 0 Å². The van der Waals surface area contributed by atoms with Gasteiger partial charge in [0, 0.05) is 42.3 Å². The lowest BCUT2D eigenvalue weighted by atomic mass is 9.87. The van der Waals surface area contributed by atoms with Crippen LogP contribution in [0.1, 0.15) is 30.9 Å². The zero-order valence-corrected chi connectivity index (χ0v) is 18.4. The van der Waals surface area contributed by atoms with E-state index in [1.54, 1.807) is 13.3 Å². The summed E-state index contributed by atoms with van der Waals surface area (Å²) in [6.07, 6.45) is 4.12. The number of para-hydroxylation sites is 1. The summed E-state index contributed by atoms with van der Waals surface area (Å²) in [5.74, 6) is 0.879. The number of hydrogen-bond donors (Lipinski definition) is 3. The van der Waals surface area contributed by atoms with E-state index in [0.29, 0.717) is 25.3 Å². The molecule has 0 spiro atoms. The number of likely N-dealkylation sites (tertiary alicyclic amines) is 1. The normalized spacial score (nSPS) is 21.6. The second-order valence-electron chi connectivity index (χ2n) is 8.40. The number of carbonyl (C=O) groups excluding carboxylic acids is 2. The number of hydrogen-bond acceptors (Lipinski definition) is 5. The molecule has 1 aromatic heterocycles. The number of anilines is 1. The van der Waals surface area contributed by atoms with Crippen molar-refractivity contribution in [2.75, 3.05) is 38.6 Å². The van der Waals surface area contributed by atoms with Crippen LogP contribution in [-0.2, 0) is 4.79 Å². The van der Waals surface area contributed by atoms with Crippen LogP contribution >= 0.6 is 0 Å². The number of methoxy groups -OCH3 is 1. The molecule has 8 nitrogen and oxygen atoms in total. The first-order valence-corrected chi connectivity index (χ1v) is 11.3. The predicted octanol–water partition coefficient (Wildman–Crippen LogP) is 2.60. The molecule has 0 saturated carbocycles. The van der Waals surface area contributed by atoms with E-state index < -0.39 is 0 Å². The van der Waals surface area contributed by atoms with Crippen molar-refractivity contribution in [3.63, 3.8) is 0 Å². The number of rotatable bonds is 5. The van der Waals surface area contributed by atoms with Crippen molar-refractivity contribution in [1.82, 2.24) is 20.5 Å². The number of amides is 3. The average Bonchev–Trinajstić information content (AvgIpc) is 2.85. The maximum Gasteiger partial charge on any atom is 0.319 e. The number of pyridine rings is 1. The molecule has 0 aliphatic carbocycles. The van der Waals surface area contributed by atoms with E-state index in [0.717, 1.165) is 37.3 Å². The van der Waals surface area contributed by atoms with Gasteiger partial charge in [-0.1, -0.05) is 18.2 Å². The molecular weight excluding hydrogens is 406 g/mol. The van der Waals surface area contributed by atoms with Gasteiger partial charge in [0.1, 0.15) is 5.75 Å². The minimum atomic E-state index is -0.252. The first-order valence-electron chi connectivity index (χ1n) is 11.3. The summed E-state index contributed by atoms with van der Waals surface area (Å²) in [5.41, 5.74) is 1.58. The van der Waals surface area contributed by atoms with E-state index >= 15 is 0 Å². The van der Waals surface area contributed by atoms with Gasteiger partial charge in [-0.2, -0.15) is 0 Å². The Morgan fingerprint density at radius 3 is 2.56 bits per heavy atom. The summed E-state index contributed by atoms with van der Waals surface area (Å²) in [7, 11) is 1.61. The molecule has 8 heteroatoms. The zero-order valence-electron chi connectivity index (χ0n) is 18.4. The van der Waals surface area contributed by atoms with Crippen molar-refractivity contribution < 1.29 is 14.3 Å². The highest BCUT2D eigenvalue weighted by Gasteiger charge is 2.36. The molecule has 1 aromatic carbocycles. The van der Waals surface area contributed by atoms with Gasteiger partial charge in [0.2, 0.25) is 5.91 Å². The van der Waals surface area contributed by atoms with Crippen molar-refractivity contribution in [2.45, 2.75) is 31.2 Å². The SMILES string of the molecule is COc1ccc([C@@H]2CN(C(=O)C3CCNCC3)CC[C@H]2NC(=O)Nc2ccccc2)nc1. The smallest absolute Gasteiger partial charge is 0.319 e. The topological polar surface area (TPSA) is 95.6 Å². The van der Waals surface area contributed by atoms with Gasteiger partial charge < -0.3 is 25.6 Å². The van der Waals surface area contributed by atoms with Crippen LogP contribution in [-0.4, -0.2) is 61.2 Å². The summed E-state index contributed by atoms with van der Waals surface area (Å²) < 4.78 is 5.24. The molecule has 2 saturated heterocycles. The number of carbonyl (C=O) groups is 2. The standard InChI is InChI=1S/C24H31N5O3/c1-32-19-7-8-21(26-15-19)20-16-29(23(30)17-9-12-25-13-10-17)14-11-22(20)28-24(31)27-18-5-3-2-4-6-18/h2-8,15,17,20,22,25H,9-14,16H2,1H3,(H2,27,28,31)/t20-,22+/m0/s1. The molecule has 2 fully saturated rings. The van der Waals surface area contributed by atoms with Crippen molar-refractivity contribution in [3.05, 3.63) is 54.4 Å². The largest absolute Gasteiger partial charge is 0.495 e. The van der Waals surface area contributed by atoms with Crippen molar-refractivity contribution in [3.8, 4) is 5.75 Å². The highest BCUT2D eigenvalue weighted by molar-refractivity contribution is 5.89. The van der Waals surface area contributed by atoms with Crippen LogP contribution in [0.2, 0.25) is 0 Å². The first-order chi connectivity index (χ1) is 15.6. The van der Waals surface area contributed by atoms with Gasteiger partial charge in [-0.05, 0) is 56.6 Å². The highest BCUT2D eigenvalue weighted by Crippen LogP contribution is 2.29. The Labute approximate surface area is 188 Å². The number of benzene rings is 1. The van der Waals surface area contributed by atoms with Gasteiger partial charge in [-0.3, -0.25) is 9.78 Å². The monoisotopic (exact) mass is 437 g/mol. The lowest BCUT2D eigenvalue weighted by Gasteiger charge is -2.40. The van der Waals surface area contributed by atoms with Crippen LogP contribution < -0.4 is 20.7 Å². The summed E-state index contributed by atoms with van der Waals surface area (Å²) in [6, 6.07) is 12.8. The molecule has 32 heavy (non-hydrogen) atoms. The molecule has 3 N–H and O–H groups in total. The molecule has 3 amide bonds. The van der Waals surface area contributed by atoms with E-state index in [4.69, 9.17) is 4.74 Å². The Hall–Kier alpha value is -3.13. The number of ether oxygens (including phenoxy) is 1. The molecule has 2 aliphatic heterocycles. The quantitative estimate of drug-likeness (QED) is 0.668. The average molecular weight is 438 g/mol. The molecule has 0 unspecified atom stereocenters. The molecular formula is C24H31N5O3. The predicted molar refractivity (Wildman–Crippen MR) is 123 cm³/mol. The number of urea groups is 1. The maximum atomic E-state index is 13.2. The summed E-state index contributed by atoms with van der Waals surface area (Å²) in [6.45, 7) is 2.94. The fourth-order valence-corrected chi connectivity index (χ4v) is 4.54. The van der Waals surface area contributed by atoms with Gasteiger partial charge in [0.15, 0.2) is 0 Å². The second kappa shape index (κ2) is 10.5. The molecule has 4 rings (SSSR count). The lowest BCUT2D eigenvalue weighted by Crippen LogP contribution is -2.53. The number of nitrogens with one attached hydrogen (secondary N) is 3. The Kier molecular flexibility index (Phi) is 7.21. The van der Waals surface area contributed by atoms with Crippen LogP contribution in [0.4, 0.5) is 10.5 Å². The second-order valence-corrected chi connectivity index (χ2v) is 8.40. The van der Waals surface area contributed by atoms with E-state index in [1.165, 1.54) is 0 Å². The molecule has 2 aromatic rings. The molecule has 2 atom stereocenters. The minimum absolute atomic E-state index is 0.0756. The van der Waals surface area contributed by atoms with Gasteiger partial charge in [0.05, 0.1) is 13.3 Å². The van der Waals surface area contributed by atoms with Crippen LogP contribution in [0.5, 0.6) is 5.75 Å². The summed E-state index contributed by atoms with van der Waals surface area (Å²) in [4.78, 5) is 32.4. The first kappa shape index (κ1) is 22.1. The third-order valence-corrected chi connectivity index (χ3v) is 6.34. The van der Waals surface area contributed by atoms with E-state index in [1.807, 2.05) is 47.4 Å². The third kappa shape index (κ3) is 5.37. The fraction of sp³-hybridized carbons (Fsp3) is 0.458. The van der Waals surface area contributed by atoms with E-state index in [9.17, 15) is 9.59 Å². The zero-order chi connectivity index (χ0) is 22.3. The van der Waals surface area contributed by atoms with Crippen LogP contribution in [0.15, 0.2) is 48.7 Å². The summed E-state index contributed by atoms with van der Waals surface area (Å²) in [5, 5.41) is 9.32. The fourth-order valence-electron chi connectivity index (χ4n) is 4.54. The Morgan fingerprint density at radius 2 is 1.88 bits per heavy atom. The van der Waals surface area contributed by atoms with Crippen molar-refractivity contribution in [2.24, 2.45) is 5.92 Å². The van der Waals surface area contributed by atoms with Crippen molar-refractivity contribution in [1.29, 1.82) is 0 Å². The Morgan fingerprint density at radius 1 is 1.09 bits per heavy atom. The third-order valence-electron chi connectivity index (χ3n) is 6.34. The maximum absolute atomic E-state index is 13.2. The molecule has 2 aliphatic rings. The van der Waals surface area contributed by atoms with E-state index in [-0.39, 0.29) is 29.8 Å². The molecule has 0 bridgehead atoms. The van der Waals surface area contributed by atoms with Gasteiger partial charge >= 0.3 is 6.03 Å². The minimum Gasteiger partial charge on any atom is -0.495 e. The van der Waals surface area contributed by atoms with E-state index in [2.05, 4.69) is 20.9 Å². The Bertz CT molecular complexity index is 900. The number of nitrogens with zero attached hydrogens (tertiary/aromatic N) is 2. The number of piperidine rings is 2. The highest BCUT2D eigenvalue weighted by atomic mass is 16.5. The lowest BCUT2D eigenvalue weighted by molar-refractivity contribution is -0.137. The van der Waals surface area contributed by atoms with Gasteiger partial charge in [-0.15, -0.1) is 0 Å². The van der Waals surface area contributed by atoms with Gasteiger partial charge in [-0.25, -0.2) is 4.79 Å². The Balaban J connectivity index is 1.48. The van der Waals surface area contributed by atoms with Crippen LogP contribution in [0, 0.1) is 5.92 Å². The molecule has 3 heterocycles. The van der Waals surface area contributed by atoms with Crippen LogP contribution in [0.3, 0.4) is 0 Å². The summed E-state index contributed by atoms with van der Waals surface area (Å²) >= 11 is 0. The van der Waals surface area contributed by atoms with Crippen molar-refractivity contribution >= 4 is 17.6 Å². The van der Waals surface area contributed by atoms with Gasteiger partial charge in [0.25, 0.3) is 0 Å². The molecule has 170 valence electrons.